The van der Waals surface area contributed by atoms with Crippen LogP contribution >= 0.6 is 0 Å². The first-order chi connectivity index (χ1) is 14.5. The molecule has 0 spiro atoms. The number of benzene rings is 1. The highest BCUT2D eigenvalue weighted by Gasteiger charge is 2.23. The van der Waals surface area contributed by atoms with E-state index in [1.54, 1.807) is 10.5 Å². The second-order valence-electron chi connectivity index (χ2n) is 7.60. The Morgan fingerprint density at radius 3 is 2.43 bits per heavy atom. The molecule has 0 bridgehead atoms. The fourth-order valence-corrected chi connectivity index (χ4v) is 3.90. The third-order valence-electron chi connectivity index (χ3n) is 5.58. The summed E-state index contributed by atoms with van der Waals surface area (Å²) in [6.07, 6.45) is 2.28. The van der Waals surface area contributed by atoms with E-state index in [1.165, 1.54) is 6.20 Å². The molecule has 30 heavy (non-hydrogen) atoms. The summed E-state index contributed by atoms with van der Waals surface area (Å²) in [5.74, 6) is 0.695. The normalized spacial score (nSPS) is 19.1. The minimum absolute atomic E-state index is 0.0585. The number of anilines is 2. The van der Waals surface area contributed by atoms with Crippen LogP contribution in [0.1, 0.15) is 48.2 Å². The van der Waals surface area contributed by atoms with Crippen molar-refractivity contribution in [3.8, 4) is 0 Å². The summed E-state index contributed by atoms with van der Waals surface area (Å²) in [6, 6.07) is 13.1. The van der Waals surface area contributed by atoms with Gasteiger partial charge in [-0.1, -0.05) is 6.07 Å². The van der Waals surface area contributed by atoms with Crippen LogP contribution < -0.4 is 16.0 Å². The monoisotopic (exact) mass is 413 g/mol. The lowest BCUT2D eigenvalue weighted by Crippen LogP contribution is -2.40. The Morgan fingerprint density at radius 1 is 1.07 bits per heavy atom. The largest absolute Gasteiger partial charge is 0.388 e. The number of nitrogens with one attached hydrogen (secondary N) is 3. The molecule has 4 rings (SSSR count). The van der Waals surface area contributed by atoms with Crippen molar-refractivity contribution in [2.75, 3.05) is 17.7 Å². The predicted octanol–water partition coefficient (Wildman–Crippen LogP) is 4.47. The number of aromatic nitrogens is 2. The van der Waals surface area contributed by atoms with Crippen LogP contribution in [0.25, 0.3) is 5.65 Å². The van der Waals surface area contributed by atoms with Gasteiger partial charge in [0.05, 0.1) is 0 Å². The first-order valence-corrected chi connectivity index (χ1v) is 10.1. The Balaban J connectivity index is 1.33. The Kier molecular flexibility index (Phi) is 5.83. The lowest BCUT2D eigenvalue weighted by molar-refractivity contribution is 0.0926. The van der Waals surface area contributed by atoms with Crippen LogP contribution in [0.4, 0.5) is 20.3 Å². The Hall–Kier alpha value is -3.16. The van der Waals surface area contributed by atoms with Gasteiger partial charge in [0.1, 0.15) is 17.2 Å². The second-order valence-corrected chi connectivity index (χ2v) is 7.60. The van der Waals surface area contributed by atoms with E-state index in [-0.39, 0.29) is 23.7 Å². The molecule has 3 aromatic rings. The van der Waals surface area contributed by atoms with Gasteiger partial charge < -0.3 is 16.0 Å². The number of imidazole rings is 1. The third kappa shape index (κ3) is 4.37. The Morgan fingerprint density at radius 2 is 1.77 bits per heavy atom. The van der Waals surface area contributed by atoms with Gasteiger partial charge in [0.25, 0.3) is 12.3 Å². The van der Waals surface area contributed by atoms with Crippen LogP contribution in [0.2, 0.25) is 0 Å². The van der Waals surface area contributed by atoms with E-state index in [0.717, 1.165) is 37.2 Å². The fraction of sp³-hybridized carbons (Fsp3) is 0.364. The zero-order valence-electron chi connectivity index (χ0n) is 16.7. The highest BCUT2D eigenvalue weighted by molar-refractivity contribution is 5.94. The summed E-state index contributed by atoms with van der Waals surface area (Å²) < 4.78 is 27.6. The maximum atomic E-state index is 13.0. The van der Waals surface area contributed by atoms with Crippen LogP contribution in [0.3, 0.4) is 0 Å². The van der Waals surface area contributed by atoms with Gasteiger partial charge in [0, 0.05) is 36.6 Å². The molecule has 0 unspecified atom stereocenters. The molecule has 1 aromatic carbocycles. The second kappa shape index (κ2) is 8.69. The molecule has 3 N–H and O–H groups in total. The molecule has 2 heterocycles. The van der Waals surface area contributed by atoms with E-state index < -0.39 is 6.43 Å². The van der Waals surface area contributed by atoms with Crippen molar-refractivity contribution >= 4 is 23.1 Å². The maximum absolute atomic E-state index is 13.0. The van der Waals surface area contributed by atoms with Gasteiger partial charge in [-0.2, -0.15) is 0 Å². The van der Waals surface area contributed by atoms with Gasteiger partial charge in [-0.25, -0.2) is 13.8 Å². The molecule has 1 amide bonds. The van der Waals surface area contributed by atoms with Gasteiger partial charge in [-0.3, -0.25) is 9.20 Å². The van der Waals surface area contributed by atoms with Crippen molar-refractivity contribution in [1.82, 2.24) is 14.7 Å². The summed E-state index contributed by atoms with van der Waals surface area (Å²) in [6.45, 7) is 0. The van der Waals surface area contributed by atoms with E-state index in [1.807, 2.05) is 43.4 Å². The molecule has 1 fully saturated rings. The van der Waals surface area contributed by atoms with Crippen LogP contribution in [-0.4, -0.2) is 34.4 Å². The van der Waals surface area contributed by atoms with Crippen LogP contribution in [-0.2, 0) is 0 Å². The van der Waals surface area contributed by atoms with Crippen molar-refractivity contribution in [2.24, 2.45) is 0 Å². The summed E-state index contributed by atoms with van der Waals surface area (Å²) in [5, 5.41) is 9.61. The predicted molar refractivity (Wildman–Crippen MR) is 113 cm³/mol. The minimum Gasteiger partial charge on any atom is -0.388 e. The van der Waals surface area contributed by atoms with Gasteiger partial charge in [-0.05, 0) is 62.1 Å². The molecule has 1 aliphatic carbocycles. The fourth-order valence-electron chi connectivity index (χ4n) is 3.90. The van der Waals surface area contributed by atoms with E-state index in [2.05, 4.69) is 20.9 Å². The van der Waals surface area contributed by atoms with Crippen molar-refractivity contribution in [2.45, 2.75) is 44.2 Å². The van der Waals surface area contributed by atoms with Crippen LogP contribution in [0.5, 0.6) is 0 Å². The van der Waals surface area contributed by atoms with Crippen molar-refractivity contribution in [3.63, 3.8) is 0 Å². The number of halogens is 2. The number of carbonyl (C=O) groups excluding carboxylic acids is 1. The summed E-state index contributed by atoms with van der Waals surface area (Å²) in [5.41, 5.74) is 1.89. The first kappa shape index (κ1) is 20.1. The molecule has 0 radical (unpaired) electrons. The topological polar surface area (TPSA) is 70.5 Å². The summed E-state index contributed by atoms with van der Waals surface area (Å²) in [4.78, 5) is 16.4. The van der Waals surface area contributed by atoms with Crippen molar-refractivity contribution < 1.29 is 13.6 Å². The molecule has 1 aliphatic rings. The average Bonchev–Trinajstić information content (AvgIpc) is 3.21. The van der Waals surface area contributed by atoms with Gasteiger partial charge >= 0.3 is 0 Å². The summed E-state index contributed by atoms with van der Waals surface area (Å²) >= 11 is 0. The van der Waals surface area contributed by atoms with Gasteiger partial charge in [-0.15, -0.1) is 0 Å². The van der Waals surface area contributed by atoms with Gasteiger partial charge in [0.15, 0.2) is 0 Å². The highest BCUT2D eigenvalue weighted by Crippen LogP contribution is 2.25. The molecule has 8 heteroatoms. The number of amides is 1. The molecule has 6 nitrogen and oxygen atoms in total. The Labute approximate surface area is 173 Å². The molecular weight excluding hydrogens is 388 g/mol. The smallest absolute Gasteiger partial charge is 0.281 e. The first-order valence-electron chi connectivity index (χ1n) is 10.1. The van der Waals surface area contributed by atoms with E-state index >= 15 is 0 Å². The zero-order valence-corrected chi connectivity index (χ0v) is 16.7. The lowest BCUT2D eigenvalue weighted by atomic mass is 9.91. The Bertz CT molecular complexity index is 1010. The standard InChI is InChI=1S/C22H25F2N5O/c1-25-15-7-5-14(6-8-15)22(30)27-17-11-9-16(10-12-17)26-19-3-2-4-20-28-18(21(23)24)13-29(19)20/h2-8,13,16-17,21,25-26H,9-12H2,1H3,(H,27,30)/t16-,17+. The number of hydrogen-bond donors (Lipinski definition) is 3. The molecule has 158 valence electrons. The highest BCUT2D eigenvalue weighted by atomic mass is 19.3. The molecular formula is C22H25F2N5O. The lowest BCUT2D eigenvalue weighted by Gasteiger charge is -2.30. The number of nitrogens with zero attached hydrogens (tertiary/aromatic N) is 2. The van der Waals surface area contributed by atoms with Crippen molar-refractivity contribution in [3.05, 3.63) is 59.9 Å². The SMILES string of the molecule is CNc1ccc(C(=O)N[C@H]2CC[C@@H](Nc3cccc4nc(C(F)F)cn34)CC2)cc1. The van der Waals surface area contributed by atoms with E-state index in [9.17, 15) is 13.6 Å². The molecule has 0 atom stereocenters. The number of alkyl halides is 2. The number of carbonyl (C=O) groups is 1. The zero-order chi connectivity index (χ0) is 21.1. The van der Waals surface area contributed by atoms with Gasteiger partial charge in [0.2, 0.25) is 0 Å². The number of fused-ring (bicyclic) bond motifs is 1. The molecule has 0 saturated heterocycles. The van der Waals surface area contributed by atoms with Crippen molar-refractivity contribution in [1.29, 1.82) is 0 Å². The third-order valence-corrected chi connectivity index (χ3v) is 5.58. The molecule has 1 saturated carbocycles. The molecule has 0 aliphatic heterocycles. The van der Waals surface area contributed by atoms with Crippen LogP contribution in [0.15, 0.2) is 48.7 Å². The van der Waals surface area contributed by atoms with Crippen LogP contribution in [0, 0.1) is 0 Å². The number of pyridine rings is 1. The minimum atomic E-state index is -2.59. The maximum Gasteiger partial charge on any atom is 0.281 e. The average molecular weight is 413 g/mol. The quantitative estimate of drug-likeness (QED) is 0.558. The summed E-state index contributed by atoms with van der Waals surface area (Å²) in [7, 11) is 1.84. The number of hydrogen-bond acceptors (Lipinski definition) is 4. The van der Waals surface area contributed by atoms with E-state index in [4.69, 9.17) is 0 Å². The number of rotatable bonds is 6. The van der Waals surface area contributed by atoms with E-state index in [0.29, 0.717) is 11.2 Å². The molecule has 2 aromatic heterocycles.